The average Bonchev–Trinajstić information content (AvgIpc) is 2.40. The second-order valence-corrected chi connectivity index (χ2v) is 6.99. The van der Waals surface area contributed by atoms with Crippen LogP contribution < -0.4 is 10.6 Å². The average molecular weight is 354 g/mol. The topological polar surface area (TPSA) is 50.4 Å². The molecular formula is C14H19Cl3N2O2. The first kappa shape index (κ1) is 18.5. The largest absolute Gasteiger partial charge is 0.385 e. The van der Waals surface area contributed by atoms with Gasteiger partial charge in [-0.05, 0) is 32.0 Å². The van der Waals surface area contributed by atoms with Crippen molar-refractivity contribution in [3.05, 3.63) is 35.4 Å². The molecule has 1 rings (SSSR count). The van der Waals surface area contributed by atoms with Gasteiger partial charge in [0.15, 0.2) is 0 Å². The molecule has 4 nitrogen and oxygen atoms in total. The maximum atomic E-state index is 12.2. The van der Waals surface area contributed by atoms with Crippen LogP contribution in [-0.4, -0.2) is 36.1 Å². The van der Waals surface area contributed by atoms with E-state index in [4.69, 9.17) is 39.5 Å². The molecule has 0 aliphatic rings. The molecule has 0 spiro atoms. The third-order valence-electron chi connectivity index (χ3n) is 2.76. The Hall–Kier alpha value is -0.520. The molecule has 1 amide bonds. The predicted octanol–water partition coefficient (Wildman–Crippen LogP) is 3.05. The number of hydrogen-bond acceptors (Lipinski definition) is 3. The molecule has 0 aliphatic heterocycles. The molecule has 118 valence electrons. The number of benzene rings is 1. The van der Waals surface area contributed by atoms with E-state index in [9.17, 15) is 4.79 Å². The monoisotopic (exact) mass is 352 g/mol. The molecule has 0 aromatic heterocycles. The minimum absolute atomic E-state index is 0.297. The fourth-order valence-corrected chi connectivity index (χ4v) is 2.11. The van der Waals surface area contributed by atoms with E-state index in [2.05, 4.69) is 10.6 Å². The highest BCUT2D eigenvalue weighted by Crippen LogP contribution is 2.29. The summed E-state index contributed by atoms with van der Waals surface area (Å²) in [6.07, 6.45) is -0.0407. The van der Waals surface area contributed by atoms with Crippen LogP contribution in [0, 0.1) is 6.92 Å². The highest BCUT2D eigenvalue weighted by molar-refractivity contribution is 6.68. The Morgan fingerprint density at radius 2 is 2.10 bits per heavy atom. The minimum atomic E-state index is -1.65. The zero-order chi connectivity index (χ0) is 15.9. The number of methoxy groups -OCH3 is 1. The van der Waals surface area contributed by atoms with Gasteiger partial charge >= 0.3 is 0 Å². The maximum Gasteiger partial charge on any atom is 0.252 e. The lowest BCUT2D eigenvalue weighted by atomic mass is 10.1. The maximum absolute atomic E-state index is 12.2. The molecule has 0 heterocycles. The summed E-state index contributed by atoms with van der Waals surface area (Å²) in [5, 5.41) is 5.69. The standard InChI is InChI=1S/C14H19Cl3N2O2/c1-10-5-3-6-11(9-10)12(20)19-13(14(15,16)17)18-7-4-8-21-2/h3,5-6,9,13,18H,4,7-8H2,1-2H3,(H,19,20)/t13-/m1/s1. The van der Waals surface area contributed by atoms with Gasteiger partial charge < -0.3 is 10.1 Å². The molecule has 0 saturated carbocycles. The molecule has 7 heteroatoms. The van der Waals surface area contributed by atoms with Gasteiger partial charge in [0.2, 0.25) is 3.79 Å². The number of amides is 1. The van der Waals surface area contributed by atoms with Crippen LogP contribution in [0.5, 0.6) is 0 Å². The minimum Gasteiger partial charge on any atom is -0.385 e. The first-order chi connectivity index (χ1) is 9.84. The molecule has 0 fully saturated rings. The Morgan fingerprint density at radius 1 is 1.38 bits per heavy atom. The molecule has 0 unspecified atom stereocenters. The number of hydrogen-bond donors (Lipinski definition) is 2. The number of carbonyl (C=O) groups is 1. The summed E-state index contributed by atoms with van der Waals surface area (Å²) < 4.78 is 3.30. The summed E-state index contributed by atoms with van der Waals surface area (Å²) in [4.78, 5) is 12.2. The van der Waals surface area contributed by atoms with Crippen molar-refractivity contribution in [1.29, 1.82) is 0 Å². The normalized spacial score (nSPS) is 13.0. The van der Waals surface area contributed by atoms with Crippen molar-refractivity contribution < 1.29 is 9.53 Å². The van der Waals surface area contributed by atoms with E-state index < -0.39 is 9.96 Å². The molecular weight excluding hydrogens is 335 g/mol. The summed E-state index contributed by atoms with van der Waals surface area (Å²) in [5.74, 6) is -0.297. The van der Waals surface area contributed by atoms with E-state index in [1.165, 1.54) is 0 Å². The van der Waals surface area contributed by atoms with Crippen LogP contribution in [0.3, 0.4) is 0 Å². The number of halogens is 3. The number of alkyl halides is 3. The van der Waals surface area contributed by atoms with Crippen LogP contribution in [-0.2, 0) is 4.74 Å². The van der Waals surface area contributed by atoms with E-state index in [0.29, 0.717) is 18.7 Å². The van der Waals surface area contributed by atoms with Crippen LogP contribution in [0.15, 0.2) is 24.3 Å². The molecule has 1 atom stereocenters. The Bertz CT molecular complexity index is 464. The van der Waals surface area contributed by atoms with E-state index in [1.54, 1.807) is 25.3 Å². The highest BCUT2D eigenvalue weighted by atomic mass is 35.6. The molecule has 21 heavy (non-hydrogen) atoms. The van der Waals surface area contributed by atoms with Crippen molar-refractivity contribution >= 4 is 40.7 Å². The zero-order valence-corrected chi connectivity index (χ0v) is 14.2. The smallest absolute Gasteiger partial charge is 0.252 e. The Labute approximate surface area is 140 Å². The lowest BCUT2D eigenvalue weighted by Crippen LogP contribution is -2.53. The van der Waals surface area contributed by atoms with Crippen molar-refractivity contribution in [2.24, 2.45) is 0 Å². The van der Waals surface area contributed by atoms with Gasteiger partial charge in [-0.1, -0.05) is 52.5 Å². The van der Waals surface area contributed by atoms with Crippen molar-refractivity contribution in [2.75, 3.05) is 20.3 Å². The fraction of sp³-hybridized carbons (Fsp3) is 0.500. The van der Waals surface area contributed by atoms with Crippen LogP contribution in [0.4, 0.5) is 0 Å². The van der Waals surface area contributed by atoms with Gasteiger partial charge in [0.25, 0.3) is 5.91 Å². The van der Waals surface area contributed by atoms with E-state index in [1.807, 2.05) is 13.0 Å². The van der Waals surface area contributed by atoms with Gasteiger partial charge in [-0.25, -0.2) is 0 Å². The Kier molecular flexibility index (Phi) is 7.77. The van der Waals surface area contributed by atoms with E-state index >= 15 is 0 Å². The van der Waals surface area contributed by atoms with Gasteiger partial charge in [-0.2, -0.15) is 0 Å². The van der Waals surface area contributed by atoms with Gasteiger partial charge in [0.05, 0.1) is 0 Å². The van der Waals surface area contributed by atoms with Crippen molar-refractivity contribution in [2.45, 2.75) is 23.3 Å². The lowest BCUT2D eigenvalue weighted by molar-refractivity contribution is 0.0929. The molecule has 0 saturated heterocycles. The number of carbonyl (C=O) groups excluding carboxylic acids is 1. The fourth-order valence-electron chi connectivity index (χ4n) is 1.71. The summed E-state index contributed by atoms with van der Waals surface area (Å²) in [6, 6.07) is 7.20. The van der Waals surface area contributed by atoms with Crippen molar-refractivity contribution in [3.8, 4) is 0 Å². The summed E-state index contributed by atoms with van der Waals surface area (Å²) in [7, 11) is 1.62. The van der Waals surface area contributed by atoms with Crippen LogP contribution in [0.25, 0.3) is 0 Å². The molecule has 0 aliphatic carbocycles. The third kappa shape index (κ3) is 6.85. The lowest BCUT2D eigenvalue weighted by Gasteiger charge is -2.26. The van der Waals surface area contributed by atoms with Gasteiger partial charge in [0, 0.05) is 19.3 Å². The first-order valence-electron chi connectivity index (χ1n) is 6.51. The van der Waals surface area contributed by atoms with E-state index in [-0.39, 0.29) is 5.91 Å². The van der Waals surface area contributed by atoms with Gasteiger partial charge in [-0.15, -0.1) is 0 Å². The van der Waals surface area contributed by atoms with Gasteiger partial charge in [0.1, 0.15) is 6.17 Å². The number of nitrogens with one attached hydrogen (secondary N) is 2. The van der Waals surface area contributed by atoms with Crippen LogP contribution in [0.1, 0.15) is 22.3 Å². The number of ether oxygens (including phenoxy) is 1. The summed E-state index contributed by atoms with van der Waals surface area (Å²) in [5.41, 5.74) is 1.51. The molecule has 1 aromatic rings. The third-order valence-corrected chi connectivity index (χ3v) is 3.41. The van der Waals surface area contributed by atoms with Gasteiger partial charge in [-0.3, -0.25) is 10.1 Å². The first-order valence-corrected chi connectivity index (χ1v) is 7.64. The molecule has 0 bridgehead atoms. The quantitative estimate of drug-likeness (QED) is 0.450. The Balaban J connectivity index is 2.65. The predicted molar refractivity (Wildman–Crippen MR) is 87.2 cm³/mol. The summed E-state index contributed by atoms with van der Waals surface area (Å²) >= 11 is 17.7. The van der Waals surface area contributed by atoms with E-state index in [0.717, 1.165) is 12.0 Å². The van der Waals surface area contributed by atoms with Crippen molar-refractivity contribution in [3.63, 3.8) is 0 Å². The van der Waals surface area contributed by atoms with Crippen LogP contribution in [0.2, 0.25) is 0 Å². The second kappa shape index (κ2) is 8.81. The molecule has 2 N–H and O–H groups in total. The zero-order valence-electron chi connectivity index (χ0n) is 12.0. The highest BCUT2D eigenvalue weighted by Gasteiger charge is 2.33. The Morgan fingerprint density at radius 3 is 2.67 bits per heavy atom. The second-order valence-electron chi connectivity index (χ2n) is 4.62. The number of rotatable bonds is 7. The summed E-state index contributed by atoms with van der Waals surface area (Å²) in [6.45, 7) is 3.05. The van der Waals surface area contributed by atoms with Crippen molar-refractivity contribution in [1.82, 2.24) is 10.6 Å². The number of aryl methyl sites for hydroxylation is 1. The van der Waals surface area contributed by atoms with Crippen LogP contribution >= 0.6 is 34.8 Å². The SMILES string of the molecule is COCCCN[C@H](NC(=O)c1cccc(C)c1)C(Cl)(Cl)Cl. The molecule has 1 aromatic carbocycles. The molecule has 0 radical (unpaired) electrons.